The standard InChI is InChI=1S/C22H16N2O2.C2H6/c1-11-3-5-13-17(7-11)23-19-9-16-20(10-15(19)21(13)25)24-18-8-12(2)4-6-14(18)22(16)26;1-2/h3-10H,1-2H3,(H,23,25)(H,24,26);1-2H3. The second-order valence-corrected chi connectivity index (χ2v) is 6.95. The number of aromatic amines is 2. The van der Waals surface area contributed by atoms with Crippen LogP contribution in [0.4, 0.5) is 0 Å². The highest BCUT2D eigenvalue weighted by molar-refractivity contribution is 6.02. The molecule has 2 aromatic heterocycles. The van der Waals surface area contributed by atoms with Gasteiger partial charge in [0.15, 0.2) is 10.9 Å². The molecule has 0 aliphatic carbocycles. The van der Waals surface area contributed by atoms with E-state index in [-0.39, 0.29) is 10.9 Å². The lowest BCUT2D eigenvalue weighted by Crippen LogP contribution is -2.08. The van der Waals surface area contributed by atoms with E-state index in [2.05, 4.69) is 9.97 Å². The third-order valence-corrected chi connectivity index (χ3v) is 5.03. The van der Waals surface area contributed by atoms with Crippen molar-refractivity contribution < 1.29 is 0 Å². The fraction of sp³-hybridized carbons (Fsp3) is 0.167. The lowest BCUT2D eigenvalue weighted by molar-refractivity contribution is 1.42. The molecule has 28 heavy (non-hydrogen) atoms. The Kier molecular flexibility index (Phi) is 4.27. The summed E-state index contributed by atoms with van der Waals surface area (Å²) in [5.41, 5.74) is 5.03. The van der Waals surface area contributed by atoms with Crippen molar-refractivity contribution in [2.75, 3.05) is 0 Å². The van der Waals surface area contributed by atoms with Crippen LogP contribution in [0.3, 0.4) is 0 Å². The summed E-state index contributed by atoms with van der Waals surface area (Å²) in [6, 6.07) is 15.0. The van der Waals surface area contributed by atoms with E-state index in [4.69, 9.17) is 0 Å². The Morgan fingerprint density at radius 1 is 0.536 bits per heavy atom. The van der Waals surface area contributed by atoms with E-state index in [1.165, 1.54) is 0 Å². The van der Waals surface area contributed by atoms with Crippen LogP contribution < -0.4 is 10.9 Å². The van der Waals surface area contributed by atoms with Gasteiger partial charge >= 0.3 is 0 Å². The van der Waals surface area contributed by atoms with Crippen LogP contribution in [0.25, 0.3) is 43.6 Å². The molecule has 0 atom stereocenters. The van der Waals surface area contributed by atoms with Gasteiger partial charge in [-0.1, -0.05) is 26.0 Å². The quantitative estimate of drug-likeness (QED) is 0.362. The first-order chi connectivity index (χ1) is 13.5. The third-order valence-electron chi connectivity index (χ3n) is 5.03. The van der Waals surface area contributed by atoms with E-state index in [0.717, 1.165) is 22.2 Å². The molecule has 2 heterocycles. The smallest absolute Gasteiger partial charge is 0.197 e. The molecule has 0 aliphatic rings. The summed E-state index contributed by atoms with van der Waals surface area (Å²) < 4.78 is 0. The highest BCUT2D eigenvalue weighted by Crippen LogP contribution is 2.22. The van der Waals surface area contributed by atoms with Gasteiger partial charge in [0.1, 0.15) is 0 Å². The van der Waals surface area contributed by atoms with Gasteiger partial charge in [-0.05, 0) is 61.4 Å². The van der Waals surface area contributed by atoms with Crippen molar-refractivity contribution >= 4 is 43.6 Å². The summed E-state index contributed by atoms with van der Waals surface area (Å²) in [5.74, 6) is 0. The zero-order chi connectivity index (χ0) is 20.0. The normalized spacial score (nSPS) is 11.1. The number of aryl methyl sites for hydroxylation is 2. The second kappa shape index (κ2) is 6.64. The van der Waals surface area contributed by atoms with Crippen LogP contribution in [-0.2, 0) is 0 Å². The molecular weight excluding hydrogens is 348 g/mol. The van der Waals surface area contributed by atoms with Crippen molar-refractivity contribution in [1.82, 2.24) is 9.97 Å². The first-order valence-electron chi connectivity index (χ1n) is 9.54. The zero-order valence-corrected chi connectivity index (χ0v) is 16.4. The third kappa shape index (κ3) is 2.69. The molecule has 0 amide bonds. The lowest BCUT2D eigenvalue weighted by atomic mass is 10.0. The minimum atomic E-state index is -0.0270. The van der Waals surface area contributed by atoms with E-state index < -0.39 is 0 Å². The molecule has 0 aliphatic heterocycles. The first-order valence-corrected chi connectivity index (χ1v) is 9.54. The topological polar surface area (TPSA) is 65.7 Å². The molecule has 5 aromatic rings. The molecule has 0 unspecified atom stereocenters. The van der Waals surface area contributed by atoms with Crippen molar-refractivity contribution in [3.63, 3.8) is 0 Å². The van der Waals surface area contributed by atoms with Crippen molar-refractivity contribution in [3.05, 3.63) is 80.1 Å². The van der Waals surface area contributed by atoms with E-state index in [1.54, 1.807) is 12.1 Å². The van der Waals surface area contributed by atoms with Gasteiger partial charge < -0.3 is 9.97 Å². The highest BCUT2D eigenvalue weighted by Gasteiger charge is 2.11. The molecule has 0 spiro atoms. The molecule has 140 valence electrons. The number of H-pyrrole nitrogens is 2. The van der Waals surface area contributed by atoms with Gasteiger partial charge in [-0.15, -0.1) is 0 Å². The second-order valence-electron chi connectivity index (χ2n) is 6.95. The first kappa shape index (κ1) is 18.0. The summed E-state index contributed by atoms with van der Waals surface area (Å²) in [7, 11) is 0. The highest BCUT2D eigenvalue weighted by atomic mass is 16.1. The van der Waals surface area contributed by atoms with Gasteiger partial charge in [0.05, 0.1) is 11.0 Å². The maximum atomic E-state index is 12.9. The number of pyridine rings is 2. The van der Waals surface area contributed by atoms with E-state index in [9.17, 15) is 9.59 Å². The monoisotopic (exact) mass is 370 g/mol. The summed E-state index contributed by atoms with van der Waals surface area (Å²) >= 11 is 0. The van der Waals surface area contributed by atoms with Crippen molar-refractivity contribution in [2.45, 2.75) is 27.7 Å². The Hall–Kier alpha value is -3.40. The summed E-state index contributed by atoms with van der Waals surface area (Å²) in [5, 5.41) is 2.47. The number of rotatable bonds is 0. The maximum absolute atomic E-state index is 12.9. The fourth-order valence-electron chi connectivity index (χ4n) is 3.68. The summed E-state index contributed by atoms with van der Waals surface area (Å²) in [6.07, 6.45) is 0. The Balaban J connectivity index is 0.000000932. The Bertz CT molecular complexity index is 1380. The van der Waals surface area contributed by atoms with Crippen LogP contribution in [0.2, 0.25) is 0 Å². The molecule has 0 saturated heterocycles. The van der Waals surface area contributed by atoms with Gasteiger partial charge in [-0.2, -0.15) is 0 Å². The molecule has 0 saturated carbocycles. The average Bonchev–Trinajstić information content (AvgIpc) is 2.69. The molecule has 5 rings (SSSR count). The van der Waals surface area contributed by atoms with Crippen molar-refractivity contribution in [3.8, 4) is 0 Å². The lowest BCUT2D eigenvalue weighted by Gasteiger charge is -2.07. The number of hydrogen-bond acceptors (Lipinski definition) is 2. The van der Waals surface area contributed by atoms with Crippen LogP contribution in [0.15, 0.2) is 58.1 Å². The fourth-order valence-corrected chi connectivity index (χ4v) is 3.68. The largest absolute Gasteiger partial charge is 0.354 e. The molecule has 0 fully saturated rings. The number of aromatic nitrogens is 2. The van der Waals surface area contributed by atoms with Gasteiger partial charge in [-0.3, -0.25) is 9.59 Å². The minimum absolute atomic E-state index is 0.0270. The summed E-state index contributed by atoms with van der Waals surface area (Å²) in [6.45, 7) is 7.97. The predicted molar refractivity (Wildman–Crippen MR) is 119 cm³/mol. The molecule has 4 nitrogen and oxygen atoms in total. The SMILES string of the molecule is CC.Cc1ccc2c(=O)c3cc4[nH]c5cc(C)ccc5c(=O)c4cc3[nH]c2c1. The van der Waals surface area contributed by atoms with Crippen LogP contribution in [0.5, 0.6) is 0 Å². The molecule has 0 bridgehead atoms. The molecular formula is C24H22N2O2. The maximum Gasteiger partial charge on any atom is 0.197 e. The number of hydrogen-bond donors (Lipinski definition) is 2. The number of benzene rings is 3. The van der Waals surface area contributed by atoms with Crippen LogP contribution >= 0.6 is 0 Å². The minimum Gasteiger partial charge on any atom is -0.354 e. The van der Waals surface area contributed by atoms with E-state index >= 15 is 0 Å². The number of nitrogens with one attached hydrogen (secondary N) is 2. The van der Waals surface area contributed by atoms with Crippen molar-refractivity contribution in [1.29, 1.82) is 0 Å². The van der Waals surface area contributed by atoms with E-state index in [0.29, 0.717) is 32.6 Å². The van der Waals surface area contributed by atoms with Crippen molar-refractivity contribution in [2.24, 2.45) is 0 Å². The van der Waals surface area contributed by atoms with Gasteiger partial charge in [0.25, 0.3) is 0 Å². The Morgan fingerprint density at radius 2 is 0.893 bits per heavy atom. The van der Waals surface area contributed by atoms with Crippen LogP contribution in [0.1, 0.15) is 25.0 Å². The molecule has 4 heteroatoms. The molecule has 3 aromatic carbocycles. The Morgan fingerprint density at radius 3 is 1.29 bits per heavy atom. The van der Waals surface area contributed by atoms with Crippen LogP contribution in [-0.4, -0.2) is 9.97 Å². The van der Waals surface area contributed by atoms with Gasteiger partial charge in [0, 0.05) is 32.6 Å². The van der Waals surface area contributed by atoms with Gasteiger partial charge in [0.2, 0.25) is 0 Å². The Labute approximate surface area is 161 Å². The van der Waals surface area contributed by atoms with Crippen LogP contribution in [0, 0.1) is 13.8 Å². The zero-order valence-electron chi connectivity index (χ0n) is 16.4. The molecule has 2 N–H and O–H groups in total. The van der Waals surface area contributed by atoms with E-state index in [1.807, 2.05) is 64.1 Å². The number of fused-ring (bicyclic) bond motifs is 4. The average molecular weight is 370 g/mol. The predicted octanol–water partition coefficient (Wildman–Crippen LogP) is 5.32. The molecule has 0 radical (unpaired) electrons. The summed E-state index contributed by atoms with van der Waals surface area (Å²) in [4.78, 5) is 32.5. The van der Waals surface area contributed by atoms with Gasteiger partial charge in [-0.25, -0.2) is 0 Å².